The van der Waals surface area contributed by atoms with Crippen molar-refractivity contribution in [3.8, 4) is 22.9 Å². The first-order chi connectivity index (χ1) is 23.1. The maximum Gasteiger partial charge on any atom is 0.319 e. The molecule has 4 saturated heterocycles. The number of benzene rings is 3. The highest BCUT2D eigenvalue weighted by molar-refractivity contribution is 6.07. The monoisotopic (exact) mass is 659 g/mol. The Morgan fingerprint density at radius 1 is 1.06 bits per heavy atom. The van der Waals surface area contributed by atoms with Crippen molar-refractivity contribution in [3.63, 3.8) is 0 Å². The number of aromatic nitrogens is 2. The van der Waals surface area contributed by atoms with Gasteiger partial charge < -0.3 is 14.7 Å². The van der Waals surface area contributed by atoms with Crippen molar-refractivity contribution in [1.82, 2.24) is 20.2 Å². The third kappa shape index (κ3) is 4.86. The van der Waals surface area contributed by atoms with Gasteiger partial charge in [-0.05, 0) is 84.8 Å². The summed E-state index contributed by atoms with van der Waals surface area (Å²) in [5, 5.41) is 14.5. The second kappa shape index (κ2) is 11.3. The number of carbonyl (C=O) groups excluding carboxylic acids is 2. The quantitative estimate of drug-likeness (QED) is 0.258. The number of hydrogen-bond donors (Lipinski definition) is 2. The third-order valence-corrected chi connectivity index (χ3v) is 10.9. The number of nitrogens with one attached hydrogen (secondary N) is 1. The van der Waals surface area contributed by atoms with Crippen LogP contribution in [0.4, 0.5) is 19.0 Å². The second-order valence-electron chi connectivity index (χ2n) is 13.8. The molecule has 4 fully saturated rings. The topological polar surface area (TPSA) is 108 Å². The molecule has 250 valence electrons. The number of phenols is 1. The lowest BCUT2D eigenvalue weighted by Gasteiger charge is -2.39. The van der Waals surface area contributed by atoms with Crippen LogP contribution in [0.15, 0.2) is 36.4 Å². The summed E-state index contributed by atoms with van der Waals surface area (Å²) in [5.41, 5.74) is -0.609. The highest BCUT2D eigenvalue weighted by Gasteiger charge is 2.51. The van der Waals surface area contributed by atoms with Gasteiger partial charge >= 0.3 is 6.01 Å². The molecule has 5 heterocycles. The molecule has 4 aromatic rings. The first-order valence-corrected chi connectivity index (χ1v) is 16.7. The van der Waals surface area contributed by atoms with E-state index in [1.165, 1.54) is 18.2 Å². The smallest absolute Gasteiger partial charge is 0.319 e. The van der Waals surface area contributed by atoms with Gasteiger partial charge in [0.2, 0.25) is 11.8 Å². The van der Waals surface area contributed by atoms with E-state index in [1.54, 1.807) is 18.2 Å². The summed E-state index contributed by atoms with van der Waals surface area (Å²) < 4.78 is 52.8. The number of ether oxygens (including phenoxy) is 1. The Morgan fingerprint density at radius 3 is 2.69 bits per heavy atom. The number of phenolic OH excluding ortho intramolecular Hbond substituents is 1. The summed E-state index contributed by atoms with van der Waals surface area (Å²) in [6.07, 6.45) is 2.64. The summed E-state index contributed by atoms with van der Waals surface area (Å²) >= 11 is 0. The van der Waals surface area contributed by atoms with E-state index in [0.717, 1.165) is 19.4 Å². The van der Waals surface area contributed by atoms with Gasteiger partial charge in [0.15, 0.2) is 5.82 Å². The minimum atomic E-state index is -0.957. The van der Waals surface area contributed by atoms with Crippen molar-refractivity contribution in [3.05, 3.63) is 53.6 Å². The Hall–Kier alpha value is -4.45. The van der Waals surface area contributed by atoms with Crippen molar-refractivity contribution < 1.29 is 32.6 Å². The Balaban J connectivity index is 1.27. The van der Waals surface area contributed by atoms with Gasteiger partial charge in [-0.2, -0.15) is 9.97 Å². The highest BCUT2D eigenvalue weighted by atomic mass is 19.1. The van der Waals surface area contributed by atoms with E-state index in [0.29, 0.717) is 71.9 Å². The minimum absolute atomic E-state index is 0.0411. The molecule has 8 rings (SSSR count). The SMILES string of the molecule is CCc1c(F)ccc2cc(O)cc(-c3ccc4c(N5CCCC6(CC(=O)NC6=O)C5)nc(OC[C@@]56CCCN5C[C@H](F)C6)nc4c3F)c12. The number of amides is 2. The number of halogens is 3. The van der Waals surface area contributed by atoms with E-state index >= 15 is 8.78 Å². The number of piperidine rings is 1. The van der Waals surface area contributed by atoms with Crippen LogP contribution in [0.25, 0.3) is 32.8 Å². The Morgan fingerprint density at radius 2 is 1.90 bits per heavy atom. The standard InChI is InChI=1S/C36H36F3N5O4/c1-2-23-27(38)8-5-20-13-22(45)14-26(29(20)23)24-6-7-25-31(30(24)39)41-34(48-19-36-10-4-12-44(36)17-21(37)15-36)42-32(25)43-11-3-9-35(18-43)16-28(46)40-33(35)47/h5-8,13-14,21,45H,2-4,9-12,15-19H2,1H3,(H,40,46,47)/t21-,35?,36+/m1/s1. The average molecular weight is 660 g/mol. The zero-order valence-corrected chi connectivity index (χ0v) is 26.6. The molecule has 9 nitrogen and oxygen atoms in total. The molecule has 0 radical (unpaired) electrons. The van der Waals surface area contributed by atoms with Gasteiger partial charge in [0, 0.05) is 43.4 Å². The first kappa shape index (κ1) is 30.9. The van der Waals surface area contributed by atoms with Gasteiger partial charge in [0.25, 0.3) is 0 Å². The molecular formula is C36H36F3N5O4. The predicted molar refractivity (Wildman–Crippen MR) is 174 cm³/mol. The maximum absolute atomic E-state index is 17.0. The van der Waals surface area contributed by atoms with Crippen LogP contribution < -0.4 is 15.0 Å². The van der Waals surface area contributed by atoms with E-state index < -0.39 is 28.8 Å². The summed E-state index contributed by atoms with van der Waals surface area (Å²) in [6.45, 7) is 3.79. The van der Waals surface area contributed by atoms with Gasteiger partial charge in [0.1, 0.15) is 35.7 Å². The van der Waals surface area contributed by atoms with Crippen LogP contribution in [-0.4, -0.2) is 76.3 Å². The average Bonchev–Trinajstić information content (AvgIpc) is 3.68. The lowest BCUT2D eigenvalue weighted by Crippen LogP contribution is -2.47. The van der Waals surface area contributed by atoms with Crippen LogP contribution in [0.1, 0.15) is 51.0 Å². The van der Waals surface area contributed by atoms with Crippen molar-refractivity contribution in [2.24, 2.45) is 5.41 Å². The molecule has 0 bridgehead atoms. The molecule has 1 unspecified atom stereocenters. The van der Waals surface area contributed by atoms with Crippen LogP contribution in [0.2, 0.25) is 0 Å². The van der Waals surface area contributed by atoms with E-state index in [9.17, 15) is 19.1 Å². The van der Waals surface area contributed by atoms with Crippen molar-refractivity contribution in [2.75, 3.05) is 37.7 Å². The second-order valence-corrected chi connectivity index (χ2v) is 13.8. The fourth-order valence-electron chi connectivity index (χ4n) is 8.68. The molecule has 4 aliphatic heterocycles. The maximum atomic E-state index is 17.0. The number of hydrogen-bond acceptors (Lipinski definition) is 8. The van der Waals surface area contributed by atoms with Crippen molar-refractivity contribution in [1.29, 1.82) is 0 Å². The third-order valence-electron chi connectivity index (χ3n) is 10.9. The van der Waals surface area contributed by atoms with Crippen molar-refractivity contribution in [2.45, 2.75) is 63.6 Å². The molecular weight excluding hydrogens is 623 g/mol. The molecule has 3 atom stereocenters. The predicted octanol–water partition coefficient (Wildman–Crippen LogP) is 5.58. The highest BCUT2D eigenvalue weighted by Crippen LogP contribution is 2.44. The van der Waals surface area contributed by atoms with Gasteiger partial charge in [-0.1, -0.05) is 19.1 Å². The molecule has 12 heteroatoms. The lowest BCUT2D eigenvalue weighted by atomic mass is 9.78. The molecule has 2 amide bonds. The molecule has 0 saturated carbocycles. The van der Waals surface area contributed by atoms with Crippen LogP contribution >= 0.6 is 0 Å². The van der Waals surface area contributed by atoms with Crippen LogP contribution in [-0.2, 0) is 16.0 Å². The molecule has 1 aromatic heterocycles. The summed E-state index contributed by atoms with van der Waals surface area (Å²) in [5.74, 6) is -1.50. The van der Waals surface area contributed by atoms with Gasteiger partial charge in [-0.15, -0.1) is 0 Å². The lowest BCUT2D eigenvalue weighted by molar-refractivity contribution is -0.128. The summed E-state index contributed by atoms with van der Waals surface area (Å²) in [6, 6.07) is 9.04. The van der Waals surface area contributed by atoms with E-state index in [4.69, 9.17) is 9.72 Å². The minimum Gasteiger partial charge on any atom is -0.508 e. The van der Waals surface area contributed by atoms with Crippen LogP contribution in [0.3, 0.4) is 0 Å². The zero-order chi connectivity index (χ0) is 33.4. The first-order valence-electron chi connectivity index (χ1n) is 16.7. The van der Waals surface area contributed by atoms with E-state index in [-0.39, 0.29) is 54.2 Å². The molecule has 1 spiro atoms. The zero-order valence-electron chi connectivity index (χ0n) is 26.6. The van der Waals surface area contributed by atoms with Gasteiger partial charge in [0.05, 0.1) is 11.0 Å². The van der Waals surface area contributed by atoms with Crippen LogP contribution in [0, 0.1) is 17.0 Å². The van der Waals surface area contributed by atoms with E-state index in [1.807, 2.05) is 11.8 Å². The number of aromatic hydroxyl groups is 1. The Bertz CT molecular complexity index is 2010. The van der Waals surface area contributed by atoms with E-state index in [2.05, 4.69) is 15.2 Å². The number of imide groups is 1. The number of fused-ring (bicyclic) bond motifs is 3. The number of alkyl halides is 1. The molecule has 3 aromatic carbocycles. The summed E-state index contributed by atoms with van der Waals surface area (Å²) in [4.78, 5) is 38.5. The number of anilines is 1. The Kier molecular flexibility index (Phi) is 7.28. The molecule has 48 heavy (non-hydrogen) atoms. The number of nitrogens with zero attached hydrogens (tertiary/aromatic N) is 4. The molecule has 4 aliphatic rings. The van der Waals surface area contributed by atoms with Crippen molar-refractivity contribution >= 4 is 39.3 Å². The molecule has 2 N–H and O–H groups in total. The number of carbonyl (C=O) groups is 2. The molecule has 0 aliphatic carbocycles. The summed E-state index contributed by atoms with van der Waals surface area (Å²) in [7, 11) is 0. The number of rotatable bonds is 6. The normalized spacial score (nSPS) is 25.8. The fourth-order valence-corrected chi connectivity index (χ4v) is 8.68. The fraction of sp³-hybridized carbons (Fsp3) is 0.444. The number of aryl methyl sites for hydroxylation is 1. The van der Waals surface area contributed by atoms with Gasteiger partial charge in [-0.3, -0.25) is 19.8 Å². The van der Waals surface area contributed by atoms with Gasteiger partial charge in [-0.25, -0.2) is 13.2 Å². The van der Waals surface area contributed by atoms with Crippen LogP contribution in [0.5, 0.6) is 11.8 Å². The Labute approximate surface area is 275 Å². The largest absolute Gasteiger partial charge is 0.508 e.